The molecule has 0 bridgehead atoms. The highest BCUT2D eigenvalue weighted by atomic mass is 16.2. The molecular weight excluding hydrogens is 284 g/mol. The maximum atomic E-state index is 11.8. The van der Waals surface area contributed by atoms with E-state index in [1.54, 1.807) is 12.1 Å². The Morgan fingerprint density at radius 1 is 0.682 bits per heavy atom. The maximum Gasteiger partial charge on any atom is 0.258 e. The van der Waals surface area contributed by atoms with Gasteiger partial charge in [-0.2, -0.15) is 0 Å². The Kier molecular flexibility index (Phi) is 3.06. The van der Waals surface area contributed by atoms with E-state index in [9.17, 15) is 19.2 Å². The van der Waals surface area contributed by atoms with E-state index in [-0.39, 0.29) is 11.4 Å². The summed E-state index contributed by atoms with van der Waals surface area (Å²) in [4.78, 5) is 49.0. The Morgan fingerprint density at radius 3 is 1.36 bits per heavy atom. The summed E-state index contributed by atoms with van der Waals surface area (Å²) in [5.41, 5.74) is 1.13. The average Bonchev–Trinajstić information content (AvgIpc) is 3.00. The van der Waals surface area contributed by atoms with Crippen molar-refractivity contribution >= 4 is 41.1 Å². The number of amides is 4. The highest BCUT2D eigenvalue weighted by molar-refractivity contribution is 6.30. The van der Waals surface area contributed by atoms with Crippen LogP contribution in [0, 0.1) is 0 Å². The summed E-state index contributed by atoms with van der Waals surface area (Å²) in [6, 6.07) is 4.61. The minimum absolute atomic E-state index is 0.278. The van der Waals surface area contributed by atoms with Gasteiger partial charge in [-0.1, -0.05) is 12.7 Å². The molecule has 6 nitrogen and oxygen atoms in total. The molecular formula is C16H10N2O4. The number of hydrogen-bond acceptors (Lipinski definition) is 4. The van der Waals surface area contributed by atoms with Gasteiger partial charge in [-0.15, -0.1) is 0 Å². The molecule has 6 heteroatoms. The number of anilines is 2. The number of nitrogens with zero attached hydrogens (tertiary/aromatic N) is 2. The standard InChI is InChI=1S/C16H10N2O4/c1-2-10-7-11(17-13(19)3-4-14(17)20)9-12(8-10)18-15(21)5-6-16(18)22/h2-9H,1H2. The minimum Gasteiger partial charge on any atom is -0.269 e. The molecule has 22 heavy (non-hydrogen) atoms. The van der Waals surface area contributed by atoms with Crippen LogP contribution in [0.15, 0.2) is 49.1 Å². The first kappa shape index (κ1) is 13.7. The molecule has 1 aromatic rings. The summed E-state index contributed by atoms with van der Waals surface area (Å²) in [7, 11) is 0. The van der Waals surface area contributed by atoms with Crippen molar-refractivity contribution < 1.29 is 19.2 Å². The average molecular weight is 294 g/mol. The first-order valence-corrected chi connectivity index (χ1v) is 6.41. The zero-order valence-electron chi connectivity index (χ0n) is 11.4. The lowest BCUT2D eigenvalue weighted by Gasteiger charge is -2.19. The summed E-state index contributed by atoms with van der Waals surface area (Å²) >= 11 is 0. The van der Waals surface area contributed by atoms with Crippen LogP contribution < -0.4 is 9.80 Å². The van der Waals surface area contributed by atoms with Gasteiger partial charge in [0.1, 0.15) is 0 Å². The van der Waals surface area contributed by atoms with Crippen LogP contribution in [0.1, 0.15) is 5.56 Å². The van der Waals surface area contributed by atoms with Crippen LogP contribution in [0.5, 0.6) is 0 Å². The van der Waals surface area contributed by atoms with Gasteiger partial charge in [0.15, 0.2) is 0 Å². The van der Waals surface area contributed by atoms with Crippen LogP contribution >= 0.6 is 0 Å². The highest BCUT2D eigenvalue weighted by Crippen LogP contribution is 2.29. The minimum atomic E-state index is -0.477. The first-order chi connectivity index (χ1) is 10.5. The van der Waals surface area contributed by atoms with Crippen LogP contribution in [0.4, 0.5) is 11.4 Å². The zero-order chi connectivity index (χ0) is 15.9. The Hall–Kier alpha value is -3.28. The summed E-state index contributed by atoms with van der Waals surface area (Å²) in [5.74, 6) is -1.91. The molecule has 0 aromatic heterocycles. The monoisotopic (exact) mass is 294 g/mol. The Labute approximate surface area is 125 Å². The van der Waals surface area contributed by atoms with E-state index in [2.05, 4.69) is 6.58 Å². The SMILES string of the molecule is C=Cc1cc(N2C(=O)C=CC2=O)cc(N2C(=O)C=CC2=O)c1. The molecule has 0 aliphatic carbocycles. The van der Waals surface area contributed by atoms with Gasteiger partial charge >= 0.3 is 0 Å². The van der Waals surface area contributed by atoms with E-state index in [1.165, 1.54) is 12.1 Å². The predicted molar refractivity (Wildman–Crippen MR) is 79.8 cm³/mol. The first-order valence-electron chi connectivity index (χ1n) is 6.41. The van der Waals surface area contributed by atoms with E-state index in [0.717, 1.165) is 34.1 Å². The largest absolute Gasteiger partial charge is 0.269 e. The number of benzene rings is 1. The number of hydrogen-bond donors (Lipinski definition) is 0. The third-order valence-corrected chi connectivity index (χ3v) is 3.30. The molecule has 108 valence electrons. The summed E-state index contributed by atoms with van der Waals surface area (Å²) in [5, 5.41) is 0. The fraction of sp³-hybridized carbons (Fsp3) is 0. The van der Waals surface area contributed by atoms with Crippen molar-refractivity contribution in [2.75, 3.05) is 9.80 Å². The molecule has 0 fully saturated rings. The van der Waals surface area contributed by atoms with E-state index in [1.807, 2.05) is 0 Å². The summed E-state index contributed by atoms with van der Waals surface area (Å²) in [6.07, 6.45) is 6.16. The topological polar surface area (TPSA) is 74.8 Å². The van der Waals surface area contributed by atoms with Crippen molar-refractivity contribution in [1.82, 2.24) is 0 Å². The van der Waals surface area contributed by atoms with Gasteiger partial charge in [0.05, 0.1) is 11.4 Å². The van der Waals surface area contributed by atoms with Gasteiger partial charge in [-0.3, -0.25) is 19.2 Å². The van der Waals surface area contributed by atoms with Gasteiger partial charge in [0.2, 0.25) is 0 Å². The molecule has 2 aliphatic rings. The van der Waals surface area contributed by atoms with Crippen LogP contribution in [0.25, 0.3) is 6.08 Å². The number of rotatable bonds is 3. The smallest absolute Gasteiger partial charge is 0.258 e. The fourth-order valence-electron chi connectivity index (χ4n) is 2.30. The van der Waals surface area contributed by atoms with Crippen LogP contribution in [0.3, 0.4) is 0 Å². The second kappa shape index (κ2) is 4.92. The van der Waals surface area contributed by atoms with Crippen LogP contribution in [0.2, 0.25) is 0 Å². The van der Waals surface area contributed by atoms with Crippen molar-refractivity contribution in [3.05, 3.63) is 54.6 Å². The second-order valence-corrected chi connectivity index (χ2v) is 4.68. The van der Waals surface area contributed by atoms with E-state index < -0.39 is 23.6 Å². The van der Waals surface area contributed by atoms with E-state index in [4.69, 9.17) is 0 Å². The van der Waals surface area contributed by atoms with Crippen LogP contribution in [-0.2, 0) is 19.2 Å². The zero-order valence-corrected chi connectivity index (χ0v) is 11.4. The molecule has 4 amide bonds. The van der Waals surface area contributed by atoms with Crippen molar-refractivity contribution in [3.8, 4) is 0 Å². The third-order valence-electron chi connectivity index (χ3n) is 3.30. The highest BCUT2D eigenvalue weighted by Gasteiger charge is 2.29. The second-order valence-electron chi connectivity index (χ2n) is 4.68. The van der Waals surface area contributed by atoms with E-state index >= 15 is 0 Å². The lowest BCUT2D eigenvalue weighted by Crippen LogP contribution is -2.32. The Balaban J connectivity index is 2.10. The Bertz CT molecular complexity index is 708. The molecule has 0 spiro atoms. The van der Waals surface area contributed by atoms with Gasteiger partial charge in [-0.05, 0) is 23.8 Å². The quantitative estimate of drug-likeness (QED) is 0.785. The van der Waals surface area contributed by atoms with Gasteiger partial charge in [0.25, 0.3) is 23.6 Å². The lowest BCUT2D eigenvalue weighted by molar-refractivity contribution is -0.121. The molecule has 0 radical (unpaired) electrons. The summed E-state index contributed by atoms with van der Waals surface area (Å²) < 4.78 is 0. The molecule has 0 N–H and O–H groups in total. The summed E-state index contributed by atoms with van der Waals surface area (Å²) in [6.45, 7) is 3.63. The number of carbonyl (C=O) groups excluding carboxylic acids is 4. The molecule has 0 saturated carbocycles. The van der Waals surface area contributed by atoms with Gasteiger partial charge in [0, 0.05) is 24.3 Å². The van der Waals surface area contributed by atoms with E-state index in [0.29, 0.717) is 5.56 Å². The molecule has 2 aliphatic heterocycles. The molecule has 3 rings (SSSR count). The van der Waals surface area contributed by atoms with Gasteiger partial charge in [-0.25, -0.2) is 9.80 Å². The Morgan fingerprint density at radius 2 is 1.05 bits per heavy atom. The number of imide groups is 2. The van der Waals surface area contributed by atoms with Crippen molar-refractivity contribution in [2.24, 2.45) is 0 Å². The maximum absolute atomic E-state index is 11.8. The molecule has 0 unspecified atom stereocenters. The van der Waals surface area contributed by atoms with Crippen molar-refractivity contribution in [3.63, 3.8) is 0 Å². The predicted octanol–water partition coefficient (Wildman–Crippen LogP) is 1.19. The normalized spacial score (nSPS) is 17.1. The molecule has 0 atom stereocenters. The molecule has 0 saturated heterocycles. The van der Waals surface area contributed by atoms with Crippen LogP contribution in [-0.4, -0.2) is 23.6 Å². The molecule has 1 aromatic carbocycles. The lowest BCUT2D eigenvalue weighted by atomic mass is 10.1. The fourth-order valence-corrected chi connectivity index (χ4v) is 2.30. The van der Waals surface area contributed by atoms with Crippen molar-refractivity contribution in [2.45, 2.75) is 0 Å². The van der Waals surface area contributed by atoms with Gasteiger partial charge < -0.3 is 0 Å². The third kappa shape index (κ3) is 2.07. The number of carbonyl (C=O) groups is 4. The molecule has 2 heterocycles. The van der Waals surface area contributed by atoms with Crippen molar-refractivity contribution in [1.29, 1.82) is 0 Å².